The van der Waals surface area contributed by atoms with Gasteiger partial charge in [-0.15, -0.1) is 0 Å². The zero-order chi connectivity index (χ0) is 16.7. The summed E-state index contributed by atoms with van der Waals surface area (Å²) in [6.45, 7) is 1.97. The van der Waals surface area contributed by atoms with Gasteiger partial charge in [0.15, 0.2) is 0 Å². The van der Waals surface area contributed by atoms with E-state index >= 15 is 0 Å². The molecule has 1 aromatic carbocycles. The van der Waals surface area contributed by atoms with Crippen molar-refractivity contribution >= 4 is 17.3 Å². The first-order valence-electron chi connectivity index (χ1n) is 7.13. The van der Waals surface area contributed by atoms with Gasteiger partial charge in [0.25, 0.3) is 11.6 Å². The molecule has 0 unspecified atom stereocenters. The summed E-state index contributed by atoms with van der Waals surface area (Å²) in [7, 11) is 0. The van der Waals surface area contributed by atoms with E-state index in [1.807, 2.05) is 6.92 Å². The molecule has 118 valence electrons. The number of nitrogens with zero attached hydrogens (tertiary/aromatic N) is 3. The Morgan fingerprint density at radius 2 is 2.00 bits per heavy atom. The van der Waals surface area contributed by atoms with Crippen LogP contribution in [0.15, 0.2) is 53.9 Å². The lowest BCUT2D eigenvalue weighted by molar-refractivity contribution is -0.384. The van der Waals surface area contributed by atoms with Gasteiger partial charge in [0, 0.05) is 35.7 Å². The molecule has 1 aromatic heterocycles. The van der Waals surface area contributed by atoms with Gasteiger partial charge in [-0.05, 0) is 18.6 Å². The first-order valence-corrected chi connectivity index (χ1v) is 7.13. The highest BCUT2D eigenvalue weighted by Gasteiger charge is 2.11. The van der Waals surface area contributed by atoms with Gasteiger partial charge in [0.2, 0.25) is 0 Å². The fraction of sp³-hybridized carbons (Fsp3) is 0.188. The van der Waals surface area contributed by atoms with Crippen LogP contribution in [-0.4, -0.2) is 21.5 Å². The Labute approximate surface area is 133 Å². The molecule has 1 heterocycles. The fourth-order valence-corrected chi connectivity index (χ4v) is 1.99. The van der Waals surface area contributed by atoms with Crippen molar-refractivity contribution in [3.63, 3.8) is 0 Å². The topological polar surface area (TPSA) is 97.5 Å². The van der Waals surface area contributed by atoms with Crippen LogP contribution >= 0.6 is 0 Å². The van der Waals surface area contributed by atoms with Crippen molar-refractivity contribution in [1.29, 1.82) is 0 Å². The van der Waals surface area contributed by atoms with Crippen LogP contribution in [0, 0.1) is 10.1 Å². The number of hydrogen-bond donors (Lipinski definition) is 1. The number of pyridine rings is 1. The van der Waals surface area contributed by atoms with Crippen molar-refractivity contribution in [1.82, 2.24) is 10.4 Å². The maximum absolute atomic E-state index is 12.0. The van der Waals surface area contributed by atoms with E-state index in [1.54, 1.807) is 24.3 Å². The summed E-state index contributed by atoms with van der Waals surface area (Å²) in [6, 6.07) is 9.37. The molecule has 2 aromatic rings. The van der Waals surface area contributed by atoms with E-state index < -0.39 is 4.92 Å². The predicted octanol–water partition coefficient (Wildman–Crippen LogP) is 2.92. The van der Waals surface area contributed by atoms with Crippen molar-refractivity contribution < 1.29 is 9.72 Å². The van der Waals surface area contributed by atoms with E-state index in [0.29, 0.717) is 23.3 Å². The number of aromatic nitrogens is 1. The highest BCUT2D eigenvalue weighted by molar-refractivity contribution is 6.02. The molecule has 0 atom stereocenters. The van der Waals surface area contributed by atoms with Crippen LogP contribution in [0.25, 0.3) is 0 Å². The Hall–Kier alpha value is -3.09. The quantitative estimate of drug-likeness (QED) is 0.503. The van der Waals surface area contributed by atoms with E-state index in [0.717, 1.165) is 6.42 Å². The summed E-state index contributed by atoms with van der Waals surface area (Å²) >= 11 is 0. The minimum absolute atomic E-state index is 0.00763. The van der Waals surface area contributed by atoms with E-state index in [-0.39, 0.29) is 11.6 Å². The lowest BCUT2D eigenvalue weighted by atomic mass is 10.1. The third-order valence-corrected chi connectivity index (χ3v) is 3.11. The molecule has 0 spiro atoms. The lowest BCUT2D eigenvalue weighted by Crippen LogP contribution is -2.20. The zero-order valence-corrected chi connectivity index (χ0v) is 12.6. The number of amides is 1. The number of hydrogen-bond acceptors (Lipinski definition) is 5. The Balaban J connectivity index is 2.22. The van der Waals surface area contributed by atoms with Crippen molar-refractivity contribution in [2.75, 3.05) is 0 Å². The minimum Gasteiger partial charge on any atom is -0.267 e. The Morgan fingerprint density at radius 3 is 2.65 bits per heavy atom. The SMILES string of the molecule is CCC/C(=N/NC(=O)c1ccncc1)c1cccc([N+](=O)[O-])c1. The average Bonchev–Trinajstić information content (AvgIpc) is 2.59. The summed E-state index contributed by atoms with van der Waals surface area (Å²) < 4.78 is 0. The highest BCUT2D eigenvalue weighted by Crippen LogP contribution is 2.15. The summed E-state index contributed by atoms with van der Waals surface area (Å²) in [5.74, 6) is -0.355. The molecule has 7 nitrogen and oxygen atoms in total. The second-order valence-corrected chi connectivity index (χ2v) is 4.79. The van der Waals surface area contributed by atoms with Crippen molar-refractivity contribution in [3.8, 4) is 0 Å². The lowest BCUT2D eigenvalue weighted by Gasteiger charge is -2.06. The molecule has 0 aliphatic rings. The Morgan fingerprint density at radius 1 is 1.26 bits per heavy atom. The molecule has 2 rings (SSSR count). The molecule has 0 radical (unpaired) electrons. The van der Waals surface area contributed by atoms with Crippen LogP contribution in [0.5, 0.6) is 0 Å². The standard InChI is InChI=1S/C16H16N4O3/c1-2-4-15(13-5-3-6-14(11-13)20(22)23)18-19-16(21)12-7-9-17-10-8-12/h3,5-11H,2,4H2,1H3,(H,19,21)/b18-15-. The molecular weight excluding hydrogens is 296 g/mol. The van der Waals surface area contributed by atoms with Crippen molar-refractivity contribution in [2.45, 2.75) is 19.8 Å². The number of nitro groups is 1. The molecule has 7 heteroatoms. The van der Waals surface area contributed by atoms with Gasteiger partial charge in [0.1, 0.15) is 0 Å². The molecule has 23 heavy (non-hydrogen) atoms. The molecule has 1 amide bonds. The first-order chi connectivity index (χ1) is 11.1. The molecule has 1 N–H and O–H groups in total. The monoisotopic (exact) mass is 312 g/mol. The van der Waals surface area contributed by atoms with Gasteiger partial charge < -0.3 is 0 Å². The number of nitro benzene ring substituents is 1. The molecule has 0 saturated carbocycles. The Bertz CT molecular complexity index is 729. The average molecular weight is 312 g/mol. The van der Waals surface area contributed by atoms with E-state index in [9.17, 15) is 14.9 Å². The number of nitrogens with one attached hydrogen (secondary N) is 1. The summed E-state index contributed by atoms with van der Waals surface area (Å²) in [6.07, 6.45) is 4.43. The normalized spacial score (nSPS) is 11.1. The molecule has 0 saturated heterocycles. The number of hydrazone groups is 1. The number of carbonyl (C=O) groups is 1. The van der Waals surface area contributed by atoms with Gasteiger partial charge in [-0.25, -0.2) is 5.43 Å². The highest BCUT2D eigenvalue weighted by atomic mass is 16.6. The largest absolute Gasteiger partial charge is 0.271 e. The fourth-order valence-electron chi connectivity index (χ4n) is 1.99. The number of benzene rings is 1. The molecular formula is C16H16N4O3. The second kappa shape index (κ2) is 7.79. The molecule has 0 aliphatic carbocycles. The number of non-ortho nitro benzene ring substituents is 1. The van der Waals surface area contributed by atoms with Crippen LogP contribution in [0.2, 0.25) is 0 Å². The zero-order valence-electron chi connectivity index (χ0n) is 12.6. The van der Waals surface area contributed by atoms with Crippen LogP contribution in [0.3, 0.4) is 0 Å². The number of carbonyl (C=O) groups excluding carboxylic acids is 1. The summed E-state index contributed by atoms with van der Waals surface area (Å²) in [5, 5.41) is 15.0. The molecule has 0 aliphatic heterocycles. The van der Waals surface area contributed by atoms with Crippen molar-refractivity contribution in [2.24, 2.45) is 5.10 Å². The molecule has 0 bridgehead atoms. The van der Waals surface area contributed by atoms with Gasteiger partial charge in [-0.3, -0.25) is 19.9 Å². The third-order valence-electron chi connectivity index (χ3n) is 3.11. The summed E-state index contributed by atoms with van der Waals surface area (Å²) in [5.41, 5.74) is 4.14. The predicted molar refractivity (Wildman–Crippen MR) is 86.2 cm³/mol. The first kappa shape index (κ1) is 16.3. The van der Waals surface area contributed by atoms with Crippen LogP contribution in [0.4, 0.5) is 5.69 Å². The second-order valence-electron chi connectivity index (χ2n) is 4.79. The van der Waals surface area contributed by atoms with E-state index in [2.05, 4.69) is 15.5 Å². The van der Waals surface area contributed by atoms with Crippen LogP contribution < -0.4 is 5.43 Å². The van der Waals surface area contributed by atoms with Crippen LogP contribution in [-0.2, 0) is 0 Å². The maximum Gasteiger partial charge on any atom is 0.271 e. The smallest absolute Gasteiger partial charge is 0.267 e. The third kappa shape index (κ3) is 4.44. The number of rotatable bonds is 6. The van der Waals surface area contributed by atoms with Gasteiger partial charge in [-0.1, -0.05) is 25.5 Å². The summed E-state index contributed by atoms with van der Waals surface area (Å²) in [4.78, 5) is 26.3. The Kier molecular flexibility index (Phi) is 5.51. The van der Waals surface area contributed by atoms with E-state index in [4.69, 9.17) is 0 Å². The molecule has 0 fully saturated rings. The van der Waals surface area contributed by atoms with Gasteiger partial charge >= 0.3 is 0 Å². The van der Waals surface area contributed by atoms with Gasteiger partial charge in [0.05, 0.1) is 10.6 Å². The van der Waals surface area contributed by atoms with Crippen molar-refractivity contribution in [3.05, 3.63) is 70.0 Å². The minimum atomic E-state index is -0.456. The maximum atomic E-state index is 12.0. The van der Waals surface area contributed by atoms with E-state index in [1.165, 1.54) is 24.5 Å². The van der Waals surface area contributed by atoms with Gasteiger partial charge in [-0.2, -0.15) is 5.10 Å². The van der Waals surface area contributed by atoms with Crippen LogP contribution in [0.1, 0.15) is 35.7 Å².